The summed E-state index contributed by atoms with van der Waals surface area (Å²) in [6.07, 6.45) is 1.32. The fourth-order valence-corrected chi connectivity index (χ4v) is 2.86. The van der Waals surface area contributed by atoms with Crippen molar-refractivity contribution in [2.24, 2.45) is 11.7 Å². The van der Waals surface area contributed by atoms with E-state index in [2.05, 4.69) is 11.8 Å². The van der Waals surface area contributed by atoms with Crippen LogP contribution in [0.15, 0.2) is 24.3 Å². The van der Waals surface area contributed by atoms with Crippen LogP contribution in [0.5, 0.6) is 0 Å². The molecule has 3 unspecified atom stereocenters. The molecule has 19 heavy (non-hydrogen) atoms. The molecule has 0 aliphatic carbocycles. The van der Waals surface area contributed by atoms with Gasteiger partial charge in [-0.05, 0) is 36.6 Å². The molecule has 1 fully saturated rings. The van der Waals surface area contributed by atoms with Crippen LogP contribution in [0.2, 0.25) is 0 Å². The molecule has 1 heterocycles. The first-order chi connectivity index (χ1) is 9.15. The van der Waals surface area contributed by atoms with Gasteiger partial charge in [-0.1, -0.05) is 19.1 Å². The molecular weight excluding hydrogens is 243 g/mol. The molecule has 1 aromatic carbocycles. The lowest BCUT2D eigenvalue weighted by Gasteiger charge is -2.40. The minimum Gasteiger partial charge on any atom is -0.380 e. The summed E-state index contributed by atoms with van der Waals surface area (Å²) >= 11 is 0. The van der Waals surface area contributed by atoms with Crippen molar-refractivity contribution in [2.45, 2.75) is 25.5 Å². The van der Waals surface area contributed by atoms with Gasteiger partial charge in [-0.25, -0.2) is 4.39 Å². The number of halogens is 1. The van der Waals surface area contributed by atoms with Crippen LogP contribution in [0.25, 0.3) is 0 Å². The molecule has 3 atom stereocenters. The van der Waals surface area contributed by atoms with Crippen molar-refractivity contribution < 1.29 is 9.13 Å². The molecule has 1 aliphatic heterocycles. The molecule has 0 radical (unpaired) electrons. The number of methoxy groups -OCH3 is 1. The van der Waals surface area contributed by atoms with Crippen LogP contribution in [-0.4, -0.2) is 37.7 Å². The van der Waals surface area contributed by atoms with Crippen LogP contribution in [0, 0.1) is 11.7 Å². The van der Waals surface area contributed by atoms with Crippen molar-refractivity contribution in [3.63, 3.8) is 0 Å². The van der Waals surface area contributed by atoms with Crippen molar-refractivity contribution in [3.8, 4) is 0 Å². The van der Waals surface area contributed by atoms with Gasteiger partial charge in [0.1, 0.15) is 5.82 Å². The van der Waals surface area contributed by atoms with E-state index in [1.807, 2.05) is 6.07 Å². The second-order valence-electron chi connectivity index (χ2n) is 5.34. The molecule has 2 N–H and O–H groups in total. The fourth-order valence-electron chi connectivity index (χ4n) is 2.86. The summed E-state index contributed by atoms with van der Waals surface area (Å²) in [7, 11) is 1.75. The smallest absolute Gasteiger partial charge is 0.123 e. The number of likely N-dealkylation sites (tertiary alicyclic amines) is 1. The van der Waals surface area contributed by atoms with E-state index < -0.39 is 0 Å². The number of hydrogen-bond acceptors (Lipinski definition) is 3. The Morgan fingerprint density at radius 3 is 2.95 bits per heavy atom. The molecule has 1 aromatic rings. The first-order valence-corrected chi connectivity index (χ1v) is 6.88. The summed E-state index contributed by atoms with van der Waals surface area (Å²) in [5.41, 5.74) is 6.85. The van der Waals surface area contributed by atoms with Crippen molar-refractivity contribution in [3.05, 3.63) is 35.6 Å². The quantitative estimate of drug-likeness (QED) is 0.908. The number of hydrogen-bond donors (Lipinski definition) is 1. The zero-order valence-corrected chi connectivity index (χ0v) is 11.7. The van der Waals surface area contributed by atoms with Gasteiger partial charge < -0.3 is 10.5 Å². The zero-order chi connectivity index (χ0) is 13.8. The first-order valence-electron chi connectivity index (χ1n) is 6.88. The molecule has 106 valence electrons. The summed E-state index contributed by atoms with van der Waals surface area (Å²) in [5.74, 6) is 0.358. The van der Waals surface area contributed by atoms with Crippen LogP contribution in [0.3, 0.4) is 0 Å². The average Bonchev–Trinajstić information content (AvgIpc) is 2.41. The van der Waals surface area contributed by atoms with E-state index in [9.17, 15) is 4.39 Å². The Kier molecular flexibility index (Phi) is 4.91. The van der Waals surface area contributed by atoms with Crippen molar-refractivity contribution in [1.29, 1.82) is 0 Å². The van der Waals surface area contributed by atoms with Gasteiger partial charge in [0, 0.05) is 26.2 Å². The van der Waals surface area contributed by atoms with Gasteiger partial charge in [-0.3, -0.25) is 4.90 Å². The number of ether oxygens (including phenoxy) is 1. The molecule has 0 spiro atoms. The SMILES string of the molecule is COC1CN(C(CN)c2cccc(F)c2)CCC1C. The molecule has 4 heteroatoms. The molecule has 2 rings (SSSR count). The van der Waals surface area contributed by atoms with Gasteiger partial charge >= 0.3 is 0 Å². The van der Waals surface area contributed by atoms with Crippen LogP contribution in [0.4, 0.5) is 4.39 Å². The van der Waals surface area contributed by atoms with Gasteiger partial charge in [0.05, 0.1) is 6.10 Å². The van der Waals surface area contributed by atoms with Crippen LogP contribution in [0.1, 0.15) is 24.9 Å². The summed E-state index contributed by atoms with van der Waals surface area (Å²) < 4.78 is 18.9. The lowest BCUT2D eigenvalue weighted by molar-refractivity contribution is -0.0183. The molecule has 1 aliphatic rings. The van der Waals surface area contributed by atoms with Gasteiger partial charge in [0.2, 0.25) is 0 Å². The highest BCUT2D eigenvalue weighted by Crippen LogP contribution is 2.27. The second kappa shape index (κ2) is 6.46. The predicted molar refractivity (Wildman–Crippen MR) is 74.3 cm³/mol. The maximum Gasteiger partial charge on any atom is 0.123 e. The second-order valence-corrected chi connectivity index (χ2v) is 5.34. The number of nitrogens with zero attached hydrogens (tertiary/aromatic N) is 1. The van der Waals surface area contributed by atoms with Crippen molar-refractivity contribution in [2.75, 3.05) is 26.7 Å². The van der Waals surface area contributed by atoms with E-state index in [0.29, 0.717) is 12.5 Å². The fraction of sp³-hybridized carbons (Fsp3) is 0.600. The normalized spacial score (nSPS) is 26.3. The molecule has 1 saturated heterocycles. The highest BCUT2D eigenvalue weighted by atomic mass is 19.1. The molecule has 0 aromatic heterocycles. The standard InChI is InChI=1S/C15H23FN2O/c1-11-6-7-18(10-15(11)19-2)14(9-17)12-4-3-5-13(16)8-12/h3-5,8,11,14-15H,6-7,9-10,17H2,1-2H3. The monoisotopic (exact) mass is 266 g/mol. The van der Waals surface area contributed by atoms with Crippen LogP contribution >= 0.6 is 0 Å². The van der Waals surface area contributed by atoms with E-state index in [-0.39, 0.29) is 18.0 Å². The van der Waals surface area contributed by atoms with E-state index in [0.717, 1.165) is 25.1 Å². The van der Waals surface area contributed by atoms with E-state index in [1.165, 1.54) is 6.07 Å². The van der Waals surface area contributed by atoms with E-state index >= 15 is 0 Å². The van der Waals surface area contributed by atoms with E-state index in [1.54, 1.807) is 19.2 Å². The van der Waals surface area contributed by atoms with Gasteiger partial charge in [0.25, 0.3) is 0 Å². The Hall–Kier alpha value is -0.970. The third-order valence-corrected chi connectivity index (χ3v) is 4.12. The largest absolute Gasteiger partial charge is 0.380 e. The molecule has 0 amide bonds. The predicted octanol–water partition coefficient (Wildman–Crippen LogP) is 2.18. The highest BCUT2D eigenvalue weighted by molar-refractivity contribution is 5.21. The van der Waals surface area contributed by atoms with Crippen LogP contribution < -0.4 is 5.73 Å². The van der Waals surface area contributed by atoms with Gasteiger partial charge in [0.15, 0.2) is 0 Å². The minimum absolute atomic E-state index is 0.0702. The Morgan fingerprint density at radius 1 is 1.53 bits per heavy atom. The molecule has 0 bridgehead atoms. The summed E-state index contributed by atoms with van der Waals surface area (Å²) in [5, 5.41) is 0. The zero-order valence-electron chi connectivity index (χ0n) is 11.7. The third kappa shape index (κ3) is 3.32. The van der Waals surface area contributed by atoms with Gasteiger partial charge in [-0.15, -0.1) is 0 Å². The summed E-state index contributed by atoms with van der Waals surface area (Å²) in [6, 6.07) is 6.81. The number of benzene rings is 1. The van der Waals surface area contributed by atoms with Crippen LogP contribution in [-0.2, 0) is 4.74 Å². The summed E-state index contributed by atoms with van der Waals surface area (Å²) in [6.45, 7) is 4.55. The highest BCUT2D eigenvalue weighted by Gasteiger charge is 2.30. The van der Waals surface area contributed by atoms with Crippen molar-refractivity contribution >= 4 is 0 Å². The Bertz CT molecular complexity index is 413. The maximum atomic E-state index is 13.4. The topological polar surface area (TPSA) is 38.5 Å². The van der Waals surface area contributed by atoms with Crippen molar-refractivity contribution in [1.82, 2.24) is 4.90 Å². The number of nitrogens with two attached hydrogens (primary N) is 1. The Balaban J connectivity index is 2.14. The molecule has 3 nitrogen and oxygen atoms in total. The van der Waals surface area contributed by atoms with Gasteiger partial charge in [-0.2, -0.15) is 0 Å². The lowest BCUT2D eigenvalue weighted by Crippen LogP contribution is -2.47. The first kappa shape index (κ1) is 14.4. The molecule has 0 saturated carbocycles. The Labute approximate surface area is 114 Å². The lowest BCUT2D eigenvalue weighted by atomic mass is 9.93. The number of rotatable bonds is 4. The minimum atomic E-state index is -0.204. The third-order valence-electron chi connectivity index (χ3n) is 4.12. The average molecular weight is 266 g/mol. The maximum absolute atomic E-state index is 13.4. The Morgan fingerprint density at radius 2 is 2.32 bits per heavy atom. The molecular formula is C15H23FN2O. The van der Waals surface area contributed by atoms with E-state index in [4.69, 9.17) is 10.5 Å². The number of piperidine rings is 1. The summed E-state index contributed by atoms with van der Waals surface area (Å²) in [4.78, 5) is 2.31.